The molecule has 2 unspecified atom stereocenters. The molecule has 15 heteroatoms. The van der Waals surface area contributed by atoms with Crippen LogP contribution in [0.5, 0.6) is 0 Å². The van der Waals surface area contributed by atoms with E-state index < -0.39 is 61.2 Å². The van der Waals surface area contributed by atoms with Crippen molar-refractivity contribution in [3.63, 3.8) is 0 Å². The molecule has 2 atom stereocenters. The van der Waals surface area contributed by atoms with Crippen LogP contribution in [0.2, 0.25) is 0 Å². The lowest BCUT2D eigenvalue weighted by atomic mass is 9.78. The predicted molar refractivity (Wildman–Crippen MR) is 55.6 cm³/mol. The van der Waals surface area contributed by atoms with Gasteiger partial charge in [0.05, 0.1) is 13.2 Å². The van der Waals surface area contributed by atoms with Crippen molar-refractivity contribution in [1.29, 1.82) is 0 Å². The van der Waals surface area contributed by atoms with E-state index in [9.17, 15) is 57.1 Å². The Hall–Kier alpha value is -0.990. The molecular weight excluding hydrogens is 411 g/mol. The zero-order valence-electron chi connectivity index (χ0n) is 12.3. The monoisotopic (exact) mass is 420 g/mol. The molecule has 0 bridgehead atoms. The fourth-order valence-corrected chi connectivity index (χ4v) is 2.04. The largest absolute Gasteiger partial charge is 0.456 e. The first-order valence-corrected chi connectivity index (χ1v) is 6.36. The molecular formula is C11H9F13O2. The van der Waals surface area contributed by atoms with Gasteiger partial charge in [-0.1, -0.05) is 6.92 Å². The van der Waals surface area contributed by atoms with Gasteiger partial charge in [-0.2, -0.15) is 48.3 Å². The average Bonchev–Trinajstić information content (AvgIpc) is 2.36. The van der Waals surface area contributed by atoms with Gasteiger partial charge in [-0.3, -0.25) is 0 Å². The van der Waals surface area contributed by atoms with E-state index >= 15 is 0 Å². The Morgan fingerprint density at radius 3 is 1.38 bits per heavy atom. The topological polar surface area (TPSA) is 18.5 Å². The highest BCUT2D eigenvalue weighted by atomic mass is 19.4. The molecule has 1 aliphatic heterocycles. The van der Waals surface area contributed by atoms with Gasteiger partial charge >= 0.3 is 30.1 Å². The smallest absolute Gasteiger partial charge is 0.380 e. The van der Waals surface area contributed by atoms with Crippen molar-refractivity contribution in [1.82, 2.24) is 0 Å². The van der Waals surface area contributed by atoms with Crippen molar-refractivity contribution >= 4 is 0 Å². The molecule has 2 nitrogen and oxygen atoms in total. The van der Waals surface area contributed by atoms with Gasteiger partial charge in [-0.05, 0) is 0 Å². The fraction of sp³-hybridized carbons (Fsp3) is 1.00. The molecule has 0 aromatic heterocycles. The third kappa shape index (κ3) is 3.55. The molecule has 0 N–H and O–H groups in total. The maximum Gasteiger partial charge on any atom is 0.456 e. The maximum atomic E-state index is 13.5. The zero-order chi connectivity index (χ0) is 21.0. The van der Waals surface area contributed by atoms with E-state index in [-0.39, 0.29) is 0 Å². The summed E-state index contributed by atoms with van der Waals surface area (Å²) in [6, 6.07) is 0. The van der Waals surface area contributed by atoms with Crippen LogP contribution in [0.3, 0.4) is 0 Å². The van der Waals surface area contributed by atoms with E-state index in [0.717, 1.165) is 0 Å². The Morgan fingerprint density at radius 2 is 1.15 bits per heavy atom. The summed E-state index contributed by atoms with van der Waals surface area (Å²) in [5, 5.41) is 0. The highest BCUT2D eigenvalue weighted by Crippen LogP contribution is 2.53. The predicted octanol–water partition coefficient (Wildman–Crippen LogP) is 4.73. The van der Waals surface area contributed by atoms with E-state index in [1.807, 2.05) is 0 Å². The number of hydrogen-bond acceptors (Lipinski definition) is 2. The molecule has 1 fully saturated rings. The first-order chi connectivity index (χ1) is 11.2. The lowest BCUT2D eigenvalue weighted by Gasteiger charge is -2.47. The quantitative estimate of drug-likeness (QED) is 0.599. The molecule has 156 valence electrons. The molecule has 0 aromatic carbocycles. The Labute approximate surface area is 136 Å². The van der Waals surface area contributed by atoms with Crippen molar-refractivity contribution in [2.75, 3.05) is 13.2 Å². The van der Waals surface area contributed by atoms with E-state index in [2.05, 4.69) is 9.47 Å². The van der Waals surface area contributed by atoms with Crippen LogP contribution in [0.15, 0.2) is 0 Å². The van der Waals surface area contributed by atoms with Gasteiger partial charge in [0.1, 0.15) is 6.10 Å². The Morgan fingerprint density at radius 1 is 0.769 bits per heavy atom. The molecule has 0 aromatic rings. The minimum atomic E-state index is -7.06. The average molecular weight is 420 g/mol. The Balaban J connectivity index is 3.35. The van der Waals surface area contributed by atoms with Crippen molar-refractivity contribution in [2.24, 2.45) is 5.41 Å². The second-order valence-corrected chi connectivity index (χ2v) is 5.81. The molecule has 1 rings (SSSR count). The van der Waals surface area contributed by atoms with Crippen molar-refractivity contribution in [3.8, 4) is 0 Å². The number of alkyl halides is 13. The first-order valence-electron chi connectivity index (χ1n) is 6.36. The fourth-order valence-electron chi connectivity index (χ4n) is 2.04. The summed E-state index contributed by atoms with van der Waals surface area (Å²) in [5.41, 5.74) is -9.36. The number of halogens is 13. The van der Waals surface area contributed by atoms with Gasteiger partial charge in [0.2, 0.25) is 0 Å². The standard InChI is InChI=1S/C11H9F13O2/c1-6(2-25-3-6)4(8(14,15)11(22,23)24)26-5(12)7(13,9(16,17)18)10(19,20)21/h4-5H,2-3H2,1H3. The molecule has 1 heterocycles. The van der Waals surface area contributed by atoms with Crippen LogP contribution in [0.4, 0.5) is 57.1 Å². The van der Waals surface area contributed by atoms with Gasteiger partial charge in [0.25, 0.3) is 6.36 Å². The minimum absolute atomic E-state index is 0.509. The van der Waals surface area contributed by atoms with Gasteiger partial charge in [-0.15, -0.1) is 0 Å². The Kier molecular flexibility index (Phi) is 5.56. The van der Waals surface area contributed by atoms with E-state index in [1.165, 1.54) is 0 Å². The molecule has 0 aliphatic carbocycles. The first kappa shape index (κ1) is 23.0. The number of rotatable bonds is 5. The normalized spacial score (nSPS) is 21.9. The van der Waals surface area contributed by atoms with E-state index in [1.54, 1.807) is 0 Å². The van der Waals surface area contributed by atoms with Crippen LogP contribution in [-0.4, -0.2) is 55.8 Å². The third-order valence-electron chi connectivity index (χ3n) is 3.60. The minimum Gasteiger partial charge on any atom is -0.380 e. The second kappa shape index (κ2) is 6.27. The highest BCUT2D eigenvalue weighted by molar-refractivity contribution is 5.03. The summed E-state index contributed by atoms with van der Waals surface area (Å²) in [6.45, 7) is -1.56. The number of hydrogen-bond donors (Lipinski definition) is 0. The lowest BCUT2D eigenvalue weighted by molar-refractivity contribution is -0.415. The van der Waals surface area contributed by atoms with Crippen molar-refractivity contribution < 1.29 is 66.5 Å². The highest BCUT2D eigenvalue weighted by Gasteiger charge is 2.79. The summed E-state index contributed by atoms with van der Waals surface area (Å²) in [6.07, 6.45) is -29.8. The van der Waals surface area contributed by atoms with Crippen molar-refractivity contribution in [3.05, 3.63) is 0 Å². The molecule has 0 amide bonds. The second-order valence-electron chi connectivity index (χ2n) is 5.81. The molecule has 0 radical (unpaired) electrons. The van der Waals surface area contributed by atoms with Crippen LogP contribution in [0.1, 0.15) is 6.92 Å². The van der Waals surface area contributed by atoms with Crippen LogP contribution in [0.25, 0.3) is 0 Å². The molecule has 0 spiro atoms. The Bertz CT molecular complexity index is 488. The van der Waals surface area contributed by atoms with Crippen LogP contribution < -0.4 is 0 Å². The SMILES string of the molecule is CC1(C(OC(F)C(F)(C(F)(F)F)C(F)(F)F)C(F)(F)C(F)(F)F)COC1. The van der Waals surface area contributed by atoms with Crippen LogP contribution >= 0.6 is 0 Å². The lowest BCUT2D eigenvalue weighted by Crippen LogP contribution is -2.66. The molecule has 26 heavy (non-hydrogen) atoms. The summed E-state index contributed by atoms with van der Waals surface area (Å²) >= 11 is 0. The maximum absolute atomic E-state index is 13.5. The molecule has 1 aliphatic rings. The van der Waals surface area contributed by atoms with Crippen molar-refractivity contribution in [2.45, 2.75) is 49.5 Å². The van der Waals surface area contributed by atoms with Crippen LogP contribution in [-0.2, 0) is 9.47 Å². The van der Waals surface area contributed by atoms with Crippen LogP contribution in [0, 0.1) is 5.41 Å². The summed E-state index contributed by atoms with van der Waals surface area (Å²) in [5.74, 6) is -6.10. The number of ether oxygens (including phenoxy) is 2. The molecule has 1 saturated heterocycles. The summed E-state index contributed by atoms with van der Waals surface area (Å²) in [7, 11) is 0. The van der Waals surface area contributed by atoms with Gasteiger partial charge in [-0.25, -0.2) is 8.78 Å². The third-order valence-corrected chi connectivity index (χ3v) is 3.60. The van der Waals surface area contributed by atoms with Gasteiger partial charge in [0.15, 0.2) is 0 Å². The van der Waals surface area contributed by atoms with Gasteiger partial charge in [0, 0.05) is 5.41 Å². The summed E-state index contributed by atoms with van der Waals surface area (Å²) < 4.78 is 173. The molecule has 0 saturated carbocycles. The zero-order valence-corrected chi connectivity index (χ0v) is 12.3. The van der Waals surface area contributed by atoms with Gasteiger partial charge < -0.3 is 9.47 Å². The van der Waals surface area contributed by atoms with E-state index in [0.29, 0.717) is 6.92 Å². The van der Waals surface area contributed by atoms with E-state index in [4.69, 9.17) is 0 Å². The summed E-state index contributed by atoms with van der Waals surface area (Å²) in [4.78, 5) is 0.